The Labute approximate surface area is 145 Å². The van der Waals surface area contributed by atoms with E-state index in [1.165, 1.54) is 30.3 Å². The summed E-state index contributed by atoms with van der Waals surface area (Å²) in [5, 5.41) is 26.2. The van der Waals surface area contributed by atoms with E-state index in [-0.39, 0.29) is 16.9 Å². The Kier molecular flexibility index (Phi) is 4.48. The fourth-order valence-electron chi connectivity index (χ4n) is 2.27. The number of nitro benzene ring substituents is 2. The highest BCUT2D eigenvalue weighted by atomic mass is 32.2. The molecule has 3 aromatic rings. The molecule has 2 aromatic carbocycles. The molecule has 1 aromatic heterocycles. The van der Waals surface area contributed by atoms with Crippen molar-refractivity contribution in [2.75, 3.05) is 0 Å². The summed E-state index contributed by atoms with van der Waals surface area (Å²) in [5.41, 5.74) is 0.973. The van der Waals surface area contributed by atoms with Crippen molar-refractivity contribution in [3.8, 4) is 11.1 Å². The molecule has 0 aliphatic rings. The minimum absolute atomic E-state index is 0.238. The van der Waals surface area contributed by atoms with Crippen LogP contribution in [0, 0.1) is 27.2 Å². The molecule has 0 bridgehead atoms. The van der Waals surface area contributed by atoms with E-state index in [0.29, 0.717) is 10.5 Å². The van der Waals surface area contributed by atoms with Crippen molar-refractivity contribution in [3.05, 3.63) is 74.7 Å². The largest absolute Gasteiger partial charge is 0.364 e. The summed E-state index contributed by atoms with van der Waals surface area (Å²) in [5.74, 6) is 0. The van der Waals surface area contributed by atoms with Gasteiger partial charge in [-0.2, -0.15) is 0 Å². The SMILES string of the molecule is Cc1ccc(Sc2cc([N+](=O)[O-])cc([N+](=O)[O-])c2-c2cnoc2)cc1. The molecule has 0 saturated heterocycles. The van der Waals surface area contributed by atoms with Gasteiger partial charge in [0.2, 0.25) is 0 Å². The molecule has 126 valence electrons. The van der Waals surface area contributed by atoms with Crippen LogP contribution in [-0.4, -0.2) is 15.0 Å². The van der Waals surface area contributed by atoms with Gasteiger partial charge in [-0.25, -0.2) is 0 Å². The lowest BCUT2D eigenvalue weighted by Gasteiger charge is -2.09. The molecule has 0 saturated carbocycles. The molecule has 0 amide bonds. The molecule has 0 fully saturated rings. The summed E-state index contributed by atoms with van der Waals surface area (Å²) in [6, 6.07) is 9.76. The standard InChI is InChI=1S/C16H11N3O5S/c1-10-2-4-13(5-3-10)25-15-7-12(18(20)21)6-14(19(22)23)16(15)11-8-17-24-9-11/h2-9H,1H3. The minimum atomic E-state index is -0.649. The second kappa shape index (κ2) is 6.73. The number of rotatable bonds is 5. The molecular weight excluding hydrogens is 346 g/mol. The van der Waals surface area contributed by atoms with Crippen LogP contribution < -0.4 is 0 Å². The lowest BCUT2D eigenvalue weighted by Crippen LogP contribution is -1.97. The van der Waals surface area contributed by atoms with E-state index < -0.39 is 9.85 Å². The van der Waals surface area contributed by atoms with Crippen LogP contribution in [0.3, 0.4) is 0 Å². The van der Waals surface area contributed by atoms with Crippen molar-refractivity contribution in [1.29, 1.82) is 0 Å². The van der Waals surface area contributed by atoms with Gasteiger partial charge in [0.05, 0.1) is 27.7 Å². The number of aryl methyl sites for hydroxylation is 1. The van der Waals surface area contributed by atoms with Gasteiger partial charge in [-0.05, 0) is 19.1 Å². The molecular formula is C16H11N3O5S. The summed E-state index contributed by atoms with van der Waals surface area (Å²) in [6.45, 7) is 1.94. The van der Waals surface area contributed by atoms with Crippen molar-refractivity contribution in [3.63, 3.8) is 0 Å². The van der Waals surface area contributed by atoms with Gasteiger partial charge in [-0.3, -0.25) is 20.2 Å². The van der Waals surface area contributed by atoms with Crippen molar-refractivity contribution in [1.82, 2.24) is 5.16 Å². The van der Waals surface area contributed by atoms with Crippen molar-refractivity contribution < 1.29 is 14.4 Å². The summed E-state index contributed by atoms with van der Waals surface area (Å²) >= 11 is 1.21. The van der Waals surface area contributed by atoms with Crippen LogP contribution in [0.25, 0.3) is 11.1 Å². The Bertz CT molecular complexity index is 939. The van der Waals surface area contributed by atoms with Crippen molar-refractivity contribution >= 4 is 23.1 Å². The Hall–Kier alpha value is -3.20. The van der Waals surface area contributed by atoms with Crippen molar-refractivity contribution in [2.24, 2.45) is 0 Å². The molecule has 0 aliphatic carbocycles. The van der Waals surface area contributed by atoms with Gasteiger partial charge in [0, 0.05) is 21.4 Å². The maximum Gasteiger partial charge on any atom is 0.285 e. The Morgan fingerprint density at radius 1 is 1.08 bits per heavy atom. The second-order valence-corrected chi connectivity index (χ2v) is 6.30. The van der Waals surface area contributed by atoms with Gasteiger partial charge in [0.25, 0.3) is 11.4 Å². The molecule has 3 rings (SSSR count). The van der Waals surface area contributed by atoms with E-state index in [4.69, 9.17) is 4.52 Å². The smallest absolute Gasteiger partial charge is 0.285 e. The van der Waals surface area contributed by atoms with Crippen LogP contribution in [0.4, 0.5) is 11.4 Å². The molecule has 8 nitrogen and oxygen atoms in total. The van der Waals surface area contributed by atoms with Gasteiger partial charge in [-0.15, -0.1) is 0 Å². The summed E-state index contributed by atoms with van der Waals surface area (Å²) < 4.78 is 4.79. The average molecular weight is 357 g/mol. The third-order valence-corrected chi connectivity index (χ3v) is 4.49. The summed E-state index contributed by atoms with van der Waals surface area (Å²) in [6.07, 6.45) is 2.61. The molecule has 0 N–H and O–H groups in total. The topological polar surface area (TPSA) is 112 Å². The first-order valence-corrected chi connectivity index (χ1v) is 7.88. The van der Waals surface area contributed by atoms with Gasteiger partial charge in [-0.1, -0.05) is 34.6 Å². The molecule has 9 heteroatoms. The predicted octanol–water partition coefficient (Wildman–Crippen LogP) is 4.62. The fraction of sp³-hybridized carbons (Fsp3) is 0.0625. The molecule has 0 aliphatic heterocycles. The van der Waals surface area contributed by atoms with Crippen LogP contribution in [0.1, 0.15) is 5.56 Å². The highest BCUT2D eigenvalue weighted by molar-refractivity contribution is 7.99. The highest BCUT2D eigenvalue weighted by Crippen LogP contribution is 2.43. The Morgan fingerprint density at radius 2 is 1.80 bits per heavy atom. The van der Waals surface area contributed by atoms with E-state index >= 15 is 0 Å². The fourth-order valence-corrected chi connectivity index (χ4v) is 3.30. The number of benzene rings is 2. The van der Waals surface area contributed by atoms with E-state index in [0.717, 1.165) is 16.5 Å². The van der Waals surface area contributed by atoms with Crippen LogP contribution in [-0.2, 0) is 0 Å². The van der Waals surface area contributed by atoms with Gasteiger partial charge in [0.15, 0.2) is 0 Å². The zero-order chi connectivity index (χ0) is 18.0. The predicted molar refractivity (Wildman–Crippen MR) is 90.5 cm³/mol. The third-order valence-electron chi connectivity index (χ3n) is 3.44. The number of non-ortho nitro benzene ring substituents is 1. The highest BCUT2D eigenvalue weighted by Gasteiger charge is 2.26. The second-order valence-electron chi connectivity index (χ2n) is 5.18. The molecule has 1 heterocycles. The number of nitro groups is 2. The van der Waals surface area contributed by atoms with Gasteiger partial charge < -0.3 is 4.52 Å². The quantitative estimate of drug-likeness (QED) is 0.483. The Balaban J connectivity index is 2.21. The first-order valence-electron chi connectivity index (χ1n) is 7.07. The lowest BCUT2D eigenvalue weighted by atomic mass is 10.1. The molecule has 0 unspecified atom stereocenters. The van der Waals surface area contributed by atoms with E-state index in [2.05, 4.69) is 5.16 Å². The number of aromatic nitrogens is 1. The van der Waals surface area contributed by atoms with E-state index in [1.54, 1.807) is 0 Å². The van der Waals surface area contributed by atoms with Gasteiger partial charge in [0.1, 0.15) is 6.26 Å². The summed E-state index contributed by atoms with van der Waals surface area (Å²) in [4.78, 5) is 22.5. The first kappa shape index (κ1) is 16.7. The molecule has 0 radical (unpaired) electrons. The molecule has 0 atom stereocenters. The lowest BCUT2D eigenvalue weighted by molar-refractivity contribution is -0.394. The van der Waals surface area contributed by atoms with Gasteiger partial charge >= 0.3 is 0 Å². The first-order chi connectivity index (χ1) is 12.0. The van der Waals surface area contributed by atoms with E-state index in [9.17, 15) is 20.2 Å². The number of hydrogen-bond donors (Lipinski definition) is 0. The third kappa shape index (κ3) is 3.50. The monoisotopic (exact) mass is 357 g/mol. The maximum atomic E-state index is 11.5. The summed E-state index contributed by atoms with van der Waals surface area (Å²) in [7, 11) is 0. The van der Waals surface area contributed by atoms with Crippen LogP contribution in [0.15, 0.2) is 63.2 Å². The zero-order valence-electron chi connectivity index (χ0n) is 12.9. The Morgan fingerprint density at radius 3 is 2.36 bits per heavy atom. The average Bonchev–Trinajstić information content (AvgIpc) is 3.10. The van der Waals surface area contributed by atoms with E-state index in [1.807, 2.05) is 31.2 Å². The molecule has 0 spiro atoms. The normalized spacial score (nSPS) is 10.6. The number of nitrogens with zero attached hydrogens (tertiary/aromatic N) is 3. The maximum absolute atomic E-state index is 11.5. The minimum Gasteiger partial charge on any atom is -0.364 e. The van der Waals surface area contributed by atoms with Crippen LogP contribution in [0.2, 0.25) is 0 Å². The number of hydrogen-bond acceptors (Lipinski definition) is 7. The molecule has 25 heavy (non-hydrogen) atoms. The zero-order valence-corrected chi connectivity index (χ0v) is 13.7. The van der Waals surface area contributed by atoms with Crippen molar-refractivity contribution in [2.45, 2.75) is 16.7 Å². The van der Waals surface area contributed by atoms with Crippen LogP contribution >= 0.6 is 11.8 Å². The van der Waals surface area contributed by atoms with Crippen LogP contribution in [0.5, 0.6) is 0 Å².